The van der Waals surface area contributed by atoms with E-state index < -0.39 is 0 Å². The van der Waals surface area contributed by atoms with Crippen LogP contribution in [-0.2, 0) is 11.3 Å². The molecule has 0 aliphatic heterocycles. The topological polar surface area (TPSA) is 18.5 Å². The average molecular weight is 368 g/mol. The summed E-state index contributed by atoms with van der Waals surface area (Å²) in [6.45, 7) is 0.639. The molecule has 19 heavy (non-hydrogen) atoms. The van der Waals surface area contributed by atoms with Crippen molar-refractivity contribution in [1.29, 1.82) is 0 Å². The molecule has 0 N–H and O–H groups in total. The molecule has 0 radical (unpaired) electrons. The minimum atomic E-state index is 0.117. The van der Waals surface area contributed by atoms with Gasteiger partial charge in [0.05, 0.1) is 19.8 Å². The number of hydrogen-bond acceptors (Lipinski definition) is 2. The molecule has 2 rings (SSSR count). The third-order valence-electron chi connectivity index (χ3n) is 2.92. The van der Waals surface area contributed by atoms with Crippen LogP contribution in [0.4, 0.5) is 0 Å². The van der Waals surface area contributed by atoms with E-state index in [1.54, 1.807) is 7.11 Å². The van der Waals surface area contributed by atoms with Gasteiger partial charge in [-0.25, -0.2) is 0 Å². The summed E-state index contributed by atoms with van der Waals surface area (Å²) in [5.41, 5.74) is 2.39. The van der Waals surface area contributed by atoms with Gasteiger partial charge in [0.1, 0.15) is 5.75 Å². The van der Waals surface area contributed by atoms with E-state index >= 15 is 0 Å². The van der Waals surface area contributed by atoms with Gasteiger partial charge in [0.25, 0.3) is 0 Å². The summed E-state index contributed by atoms with van der Waals surface area (Å²) in [4.78, 5) is 0. The fourth-order valence-corrected chi connectivity index (χ4v) is 2.58. The van der Waals surface area contributed by atoms with E-state index in [0.29, 0.717) is 6.61 Å². The molecule has 0 spiro atoms. The van der Waals surface area contributed by atoms with Gasteiger partial charge in [-0.2, -0.15) is 0 Å². The molecule has 1 unspecified atom stereocenters. The molecule has 2 aromatic rings. The zero-order valence-electron chi connectivity index (χ0n) is 10.9. The van der Waals surface area contributed by atoms with Crippen LogP contribution in [0.1, 0.15) is 17.2 Å². The zero-order valence-corrected chi connectivity index (χ0v) is 13.0. The van der Waals surface area contributed by atoms with E-state index in [0.717, 1.165) is 10.2 Å². The van der Waals surface area contributed by atoms with E-state index in [1.165, 1.54) is 11.1 Å². The van der Waals surface area contributed by atoms with Crippen molar-refractivity contribution in [2.75, 3.05) is 11.5 Å². The first-order valence-electron chi connectivity index (χ1n) is 6.19. The molecule has 0 amide bonds. The van der Waals surface area contributed by atoms with Crippen molar-refractivity contribution in [2.24, 2.45) is 0 Å². The summed E-state index contributed by atoms with van der Waals surface area (Å²) < 4.78 is 12.1. The molecule has 0 saturated carbocycles. The molecular formula is C16H17IO2. The molecule has 0 fully saturated rings. The van der Waals surface area contributed by atoms with Gasteiger partial charge in [-0.3, -0.25) is 0 Å². The minimum absolute atomic E-state index is 0.117. The van der Waals surface area contributed by atoms with Crippen LogP contribution >= 0.6 is 22.6 Å². The summed E-state index contributed by atoms with van der Waals surface area (Å²) in [5, 5.41) is 0. The van der Waals surface area contributed by atoms with Crippen LogP contribution < -0.4 is 4.74 Å². The van der Waals surface area contributed by atoms with Gasteiger partial charge in [0.15, 0.2) is 0 Å². The molecule has 0 aliphatic carbocycles. The van der Waals surface area contributed by atoms with Gasteiger partial charge in [0, 0.05) is 4.43 Å². The molecule has 2 nitrogen and oxygen atoms in total. The van der Waals surface area contributed by atoms with Crippen molar-refractivity contribution in [3.8, 4) is 5.75 Å². The first-order chi connectivity index (χ1) is 9.33. The van der Waals surface area contributed by atoms with E-state index in [9.17, 15) is 0 Å². The Bertz CT molecular complexity index is 482. The smallest absolute Gasteiger partial charge is 0.118 e. The lowest BCUT2D eigenvalue weighted by molar-refractivity contribution is 0.0577. The van der Waals surface area contributed by atoms with Gasteiger partial charge in [-0.05, 0) is 23.3 Å². The molecule has 1 atom stereocenters. The second kappa shape index (κ2) is 7.50. The normalized spacial score (nSPS) is 12.1. The van der Waals surface area contributed by atoms with Gasteiger partial charge in [0.2, 0.25) is 0 Å². The molecule has 0 bridgehead atoms. The summed E-state index contributed by atoms with van der Waals surface area (Å²) in [6, 6.07) is 18.3. The molecular weight excluding hydrogens is 351 g/mol. The maximum Gasteiger partial charge on any atom is 0.118 e. The second-order valence-corrected chi connectivity index (χ2v) is 5.09. The lowest BCUT2D eigenvalue weighted by atomic mass is 10.1. The lowest BCUT2D eigenvalue weighted by Gasteiger charge is -2.16. The number of methoxy groups -OCH3 is 1. The van der Waals surface area contributed by atoms with Crippen molar-refractivity contribution in [3.05, 3.63) is 65.7 Å². The van der Waals surface area contributed by atoms with Gasteiger partial charge >= 0.3 is 0 Å². The highest BCUT2D eigenvalue weighted by Crippen LogP contribution is 2.23. The maximum atomic E-state index is 5.99. The highest BCUT2D eigenvalue weighted by atomic mass is 127. The van der Waals surface area contributed by atoms with E-state index in [2.05, 4.69) is 46.9 Å². The summed E-state index contributed by atoms with van der Waals surface area (Å²) >= 11 is 2.36. The number of halogens is 1. The Morgan fingerprint density at radius 2 is 1.68 bits per heavy atom. The summed E-state index contributed by atoms with van der Waals surface area (Å²) in [5.74, 6) is 0.874. The first-order valence-corrected chi connectivity index (χ1v) is 7.71. The van der Waals surface area contributed by atoms with Crippen LogP contribution in [0.2, 0.25) is 0 Å². The molecule has 0 aromatic heterocycles. The Morgan fingerprint density at radius 3 is 2.26 bits per heavy atom. The van der Waals surface area contributed by atoms with Crippen LogP contribution in [0.15, 0.2) is 54.6 Å². The second-order valence-electron chi connectivity index (χ2n) is 4.21. The number of benzene rings is 2. The summed E-state index contributed by atoms with van der Waals surface area (Å²) in [7, 11) is 1.68. The Morgan fingerprint density at radius 1 is 1.00 bits per heavy atom. The lowest BCUT2D eigenvalue weighted by Crippen LogP contribution is -2.05. The maximum absolute atomic E-state index is 5.99. The van der Waals surface area contributed by atoms with Gasteiger partial charge < -0.3 is 9.47 Å². The minimum Gasteiger partial charge on any atom is -0.497 e. The third-order valence-corrected chi connectivity index (χ3v) is 3.72. The van der Waals surface area contributed by atoms with Gasteiger partial charge in [-0.15, -0.1) is 0 Å². The van der Waals surface area contributed by atoms with E-state index in [4.69, 9.17) is 9.47 Å². The van der Waals surface area contributed by atoms with Crippen LogP contribution in [0, 0.1) is 0 Å². The van der Waals surface area contributed by atoms with Crippen molar-refractivity contribution >= 4 is 22.6 Å². The van der Waals surface area contributed by atoms with Crippen molar-refractivity contribution in [3.63, 3.8) is 0 Å². The van der Waals surface area contributed by atoms with E-state index in [1.807, 2.05) is 30.3 Å². The Kier molecular flexibility index (Phi) is 5.66. The predicted molar refractivity (Wildman–Crippen MR) is 85.9 cm³/mol. The SMILES string of the molecule is COc1ccc(C(CI)OCc2ccccc2)cc1. The highest BCUT2D eigenvalue weighted by Gasteiger charge is 2.10. The number of alkyl halides is 1. The predicted octanol–water partition coefficient (Wildman–Crippen LogP) is 4.39. The molecule has 0 aliphatic rings. The number of rotatable bonds is 6. The average Bonchev–Trinajstić information content (AvgIpc) is 2.49. The fourth-order valence-electron chi connectivity index (χ4n) is 1.82. The van der Waals surface area contributed by atoms with Crippen molar-refractivity contribution in [2.45, 2.75) is 12.7 Å². The number of hydrogen-bond donors (Lipinski definition) is 0. The largest absolute Gasteiger partial charge is 0.497 e. The highest BCUT2D eigenvalue weighted by molar-refractivity contribution is 14.1. The quantitative estimate of drug-likeness (QED) is 0.556. The standard InChI is InChI=1S/C16H17IO2/c1-18-15-9-7-14(8-10-15)16(11-17)19-12-13-5-3-2-4-6-13/h2-10,16H,11-12H2,1H3. The van der Waals surface area contributed by atoms with Crippen molar-refractivity contribution < 1.29 is 9.47 Å². The third kappa shape index (κ3) is 4.21. The molecule has 3 heteroatoms. The van der Waals surface area contributed by atoms with Crippen LogP contribution in [0.3, 0.4) is 0 Å². The molecule has 0 saturated heterocycles. The van der Waals surface area contributed by atoms with Crippen LogP contribution in [0.25, 0.3) is 0 Å². The van der Waals surface area contributed by atoms with Gasteiger partial charge in [-0.1, -0.05) is 65.1 Å². The monoisotopic (exact) mass is 368 g/mol. The Balaban J connectivity index is 1.99. The summed E-state index contributed by atoms with van der Waals surface area (Å²) in [6.07, 6.45) is 0.117. The Hall–Kier alpha value is -1.07. The van der Waals surface area contributed by atoms with E-state index in [-0.39, 0.29) is 6.10 Å². The molecule has 100 valence electrons. The molecule has 0 heterocycles. The molecule has 2 aromatic carbocycles. The van der Waals surface area contributed by atoms with Crippen molar-refractivity contribution in [1.82, 2.24) is 0 Å². The number of ether oxygens (including phenoxy) is 2. The zero-order chi connectivity index (χ0) is 13.5. The first kappa shape index (κ1) is 14.3. The van der Waals surface area contributed by atoms with Crippen LogP contribution in [-0.4, -0.2) is 11.5 Å². The fraction of sp³-hybridized carbons (Fsp3) is 0.250. The van der Waals surface area contributed by atoms with Crippen LogP contribution in [0.5, 0.6) is 5.75 Å². The Labute approximate surface area is 127 Å².